The van der Waals surface area contributed by atoms with E-state index in [0.29, 0.717) is 12.0 Å². The lowest BCUT2D eigenvalue weighted by molar-refractivity contribution is 0.475. The van der Waals surface area contributed by atoms with Crippen molar-refractivity contribution in [1.29, 1.82) is 5.26 Å². The van der Waals surface area contributed by atoms with Crippen LogP contribution in [-0.2, 0) is 6.42 Å². The van der Waals surface area contributed by atoms with Crippen LogP contribution in [0, 0.1) is 11.3 Å². The molecule has 5 nitrogen and oxygen atoms in total. The molecule has 0 atom stereocenters. The van der Waals surface area contributed by atoms with Crippen LogP contribution in [0.3, 0.4) is 0 Å². The number of nitriles is 1. The fourth-order valence-corrected chi connectivity index (χ4v) is 1.70. The zero-order chi connectivity index (χ0) is 12.4. The van der Waals surface area contributed by atoms with Gasteiger partial charge in [-0.05, 0) is 12.5 Å². The minimum absolute atomic E-state index is 0.111. The molecule has 0 saturated heterocycles. The summed E-state index contributed by atoms with van der Waals surface area (Å²) in [6, 6.07) is 3.25. The van der Waals surface area contributed by atoms with Crippen LogP contribution >= 0.6 is 0 Å². The molecule has 17 heavy (non-hydrogen) atoms. The Morgan fingerprint density at radius 3 is 3.00 bits per heavy atom. The maximum atomic E-state index is 12.0. The third-order valence-corrected chi connectivity index (χ3v) is 2.56. The zero-order valence-corrected chi connectivity index (χ0v) is 9.34. The van der Waals surface area contributed by atoms with Gasteiger partial charge in [-0.25, -0.2) is 4.98 Å². The second-order valence-corrected chi connectivity index (χ2v) is 3.72. The molecule has 0 fully saturated rings. The fraction of sp³-hybridized carbons (Fsp3) is 0.250. The van der Waals surface area contributed by atoms with Crippen LogP contribution in [0.5, 0.6) is 5.75 Å². The van der Waals surface area contributed by atoms with Crippen molar-refractivity contribution >= 4 is 5.65 Å². The maximum absolute atomic E-state index is 12.0. The van der Waals surface area contributed by atoms with E-state index in [9.17, 15) is 9.90 Å². The van der Waals surface area contributed by atoms with Gasteiger partial charge in [-0.1, -0.05) is 13.3 Å². The predicted molar refractivity (Wildman–Crippen MR) is 61.8 cm³/mol. The van der Waals surface area contributed by atoms with E-state index in [0.717, 1.165) is 6.42 Å². The minimum Gasteiger partial charge on any atom is -0.503 e. The van der Waals surface area contributed by atoms with Crippen LogP contribution in [0.1, 0.15) is 24.5 Å². The summed E-state index contributed by atoms with van der Waals surface area (Å²) >= 11 is 0. The lowest BCUT2D eigenvalue weighted by atomic mass is 10.2. The standard InChI is InChI=1S/C12H11N3O2/c1-2-3-9-7-14-11-10(16)8(6-13)4-5-15(11)12(9)17/h4-5,7,16H,2-3H2,1H3. The molecule has 0 amide bonds. The normalized spacial score (nSPS) is 10.4. The Morgan fingerprint density at radius 2 is 2.35 bits per heavy atom. The van der Waals surface area contributed by atoms with Crippen molar-refractivity contribution in [2.24, 2.45) is 0 Å². The summed E-state index contributed by atoms with van der Waals surface area (Å²) < 4.78 is 1.27. The molecule has 0 aromatic carbocycles. The average Bonchev–Trinajstić information content (AvgIpc) is 2.34. The van der Waals surface area contributed by atoms with E-state index in [1.165, 1.54) is 22.9 Å². The van der Waals surface area contributed by atoms with Gasteiger partial charge in [0.2, 0.25) is 0 Å². The zero-order valence-electron chi connectivity index (χ0n) is 9.34. The van der Waals surface area contributed by atoms with Crippen LogP contribution < -0.4 is 5.56 Å². The number of aryl methyl sites for hydroxylation is 1. The van der Waals surface area contributed by atoms with Crippen LogP contribution in [-0.4, -0.2) is 14.5 Å². The molecule has 0 aliphatic rings. The highest BCUT2D eigenvalue weighted by Crippen LogP contribution is 2.19. The minimum atomic E-state index is -0.254. The highest BCUT2D eigenvalue weighted by Gasteiger charge is 2.10. The van der Waals surface area contributed by atoms with Crippen molar-refractivity contribution in [3.05, 3.63) is 39.9 Å². The van der Waals surface area contributed by atoms with Crippen molar-refractivity contribution in [2.75, 3.05) is 0 Å². The van der Waals surface area contributed by atoms with E-state index >= 15 is 0 Å². The van der Waals surface area contributed by atoms with Crippen LogP contribution in [0.15, 0.2) is 23.3 Å². The SMILES string of the molecule is CCCc1cnc2c(O)c(C#N)ccn2c1=O. The van der Waals surface area contributed by atoms with E-state index < -0.39 is 0 Å². The second-order valence-electron chi connectivity index (χ2n) is 3.72. The summed E-state index contributed by atoms with van der Waals surface area (Å²) in [4.78, 5) is 16.0. The van der Waals surface area contributed by atoms with Gasteiger partial charge >= 0.3 is 0 Å². The summed E-state index contributed by atoms with van der Waals surface area (Å²) in [6.07, 6.45) is 4.42. The van der Waals surface area contributed by atoms with Crippen LogP contribution in [0.2, 0.25) is 0 Å². The Balaban J connectivity index is 2.78. The molecule has 2 rings (SSSR count). The third-order valence-electron chi connectivity index (χ3n) is 2.56. The first-order valence-electron chi connectivity index (χ1n) is 5.31. The van der Waals surface area contributed by atoms with Crippen molar-refractivity contribution in [3.63, 3.8) is 0 Å². The van der Waals surface area contributed by atoms with Gasteiger partial charge in [-0.3, -0.25) is 9.20 Å². The van der Waals surface area contributed by atoms with Gasteiger partial charge < -0.3 is 5.11 Å². The largest absolute Gasteiger partial charge is 0.503 e. The Morgan fingerprint density at radius 1 is 1.59 bits per heavy atom. The van der Waals surface area contributed by atoms with E-state index in [1.54, 1.807) is 0 Å². The number of aromatic nitrogens is 2. The first kappa shape index (κ1) is 11.1. The second kappa shape index (κ2) is 4.26. The number of hydrogen-bond donors (Lipinski definition) is 1. The molecule has 2 aromatic rings. The molecule has 86 valence electrons. The van der Waals surface area contributed by atoms with Gasteiger partial charge in [-0.15, -0.1) is 0 Å². The quantitative estimate of drug-likeness (QED) is 0.839. The lowest BCUT2D eigenvalue weighted by Crippen LogP contribution is -2.19. The number of pyridine rings is 1. The molecule has 0 bridgehead atoms. The molecule has 2 heterocycles. The summed E-state index contributed by atoms with van der Waals surface area (Å²) in [7, 11) is 0. The Labute approximate surface area is 97.6 Å². The first-order chi connectivity index (χ1) is 8.19. The molecule has 0 spiro atoms. The summed E-state index contributed by atoms with van der Waals surface area (Å²) in [5.74, 6) is -0.254. The van der Waals surface area contributed by atoms with Gasteiger partial charge in [0, 0.05) is 18.0 Å². The van der Waals surface area contributed by atoms with Crippen LogP contribution in [0.4, 0.5) is 0 Å². The third kappa shape index (κ3) is 1.74. The molecule has 0 unspecified atom stereocenters. The highest BCUT2D eigenvalue weighted by molar-refractivity contribution is 5.60. The highest BCUT2D eigenvalue weighted by atomic mass is 16.3. The van der Waals surface area contributed by atoms with Gasteiger partial charge in [0.1, 0.15) is 6.07 Å². The Bertz CT molecular complexity index is 668. The topological polar surface area (TPSA) is 78.4 Å². The average molecular weight is 229 g/mol. The van der Waals surface area contributed by atoms with E-state index in [4.69, 9.17) is 5.26 Å². The molecule has 0 aliphatic carbocycles. The van der Waals surface area contributed by atoms with Crippen molar-refractivity contribution in [1.82, 2.24) is 9.38 Å². The number of rotatable bonds is 2. The van der Waals surface area contributed by atoms with E-state index in [-0.39, 0.29) is 22.5 Å². The summed E-state index contributed by atoms with van der Waals surface area (Å²) in [6.45, 7) is 1.98. The smallest absolute Gasteiger partial charge is 0.261 e. The van der Waals surface area contributed by atoms with Gasteiger partial charge in [0.05, 0.1) is 5.56 Å². The predicted octanol–water partition coefficient (Wildman–Crippen LogP) is 1.22. The number of fused-ring (bicyclic) bond motifs is 1. The van der Waals surface area contributed by atoms with E-state index in [2.05, 4.69) is 4.98 Å². The Hall–Kier alpha value is -2.35. The summed E-state index contributed by atoms with van der Waals surface area (Å²) in [5.41, 5.74) is 0.639. The number of nitrogens with zero attached hydrogens (tertiary/aromatic N) is 3. The number of hydrogen-bond acceptors (Lipinski definition) is 4. The van der Waals surface area contributed by atoms with Crippen molar-refractivity contribution in [2.45, 2.75) is 19.8 Å². The molecule has 1 N–H and O–H groups in total. The molecular weight excluding hydrogens is 218 g/mol. The van der Waals surface area contributed by atoms with Gasteiger partial charge in [-0.2, -0.15) is 5.26 Å². The molecule has 0 aliphatic heterocycles. The Kier molecular flexibility index (Phi) is 2.79. The maximum Gasteiger partial charge on any atom is 0.261 e. The van der Waals surface area contributed by atoms with Gasteiger partial charge in [0.25, 0.3) is 5.56 Å². The van der Waals surface area contributed by atoms with Crippen molar-refractivity contribution in [3.8, 4) is 11.8 Å². The van der Waals surface area contributed by atoms with Crippen LogP contribution in [0.25, 0.3) is 5.65 Å². The molecule has 5 heteroatoms. The molecule has 2 aromatic heterocycles. The van der Waals surface area contributed by atoms with E-state index in [1.807, 2.05) is 13.0 Å². The molecule has 0 radical (unpaired) electrons. The monoisotopic (exact) mass is 229 g/mol. The summed E-state index contributed by atoms with van der Waals surface area (Å²) in [5, 5.41) is 18.5. The number of aromatic hydroxyl groups is 1. The molecule has 0 saturated carbocycles. The fourth-order valence-electron chi connectivity index (χ4n) is 1.70. The van der Waals surface area contributed by atoms with Crippen molar-refractivity contribution < 1.29 is 5.11 Å². The van der Waals surface area contributed by atoms with Gasteiger partial charge in [0.15, 0.2) is 11.4 Å². The molecular formula is C12H11N3O2. The first-order valence-corrected chi connectivity index (χ1v) is 5.31. The lowest BCUT2D eigenvalue weighted by Gasteiger charge is -2.05.